The van der Waals surface area contributed by atoms with Crippen molar-refractivity contribution in [2.45, 2.75) is 143 Å². The highest BCUT2D eigenvalue weighted by Crippen LogP contribution is 2.72. The maximum Gasteiger partial charge on any atom is 0.409 e. The van der Waals surface area contributed by atoms with Crippen LogP contribution in [0.3, 0.4) is 0 Å². The summed E-state index contributed by atoms with van der Waals surface area (Å²) in [6.07, 6.45) is 10.1. The van der Waals surface area contributed by atoms with Gasteiger partial charge in [0.15, 0.2) is 10.8 Å². The Bertz CT molecular complexity index is 4380. The number of aromatic carboxylic acids is 1. The maximum atomic E-state index is 13.9. The Morgan fingerprint density at radius 3 is 2.10 bits per heavy atom. The van der Waals surface area contributed by atoms with E-state index in [0.717, 1.165) is 70.5 Å². The lowest BCUT2D eigenvalue weighted by atomic mass is 9.39. The van der Waals surface area contributed by atoms with Crippen molar-refractivity contribution in [3.8, 4) is 11.1 Å². The number of rotatable bonds is 41. The van der Waals surface area contributed by atoms with Crippen LogP contribution in [0.15, 0.2) is 97.2 Å². The standard InChI is InChI=1S/C80H102N14O17S/c1-51(2)68(89-65(96)26-32-106-35-37-108-39-40-109-38-36-107-33-28-82-64(95)25-30-93-66(97)22-23-67(93)98)72(101)86-61(14-10-27-83-74(81)104)71(100)85-55-18-16-53(17-19-55)43-110-76(105)91(6)31-34-111-80-47-77(4)44-78(5,48-80)46-79(45-77,49-80)50-94-52(3)58(41-84-94)56-20-21-63(88-69(56)73(102)103)92-29-24-54-11-9-12-57(59(54)42-92)70(99)90-75-87-60-13-7-8-15-62(60)112-75/h7-9,11-13,15-23,41,51,61,68H,10,14,24-40,42-50H2,1-6H3,(H,82,95)(H,85,100)(H,86,101)(H,89,96)(H,102,103)(H3,81,83,104)(H,87,90,99)/t61-,68-,77?,78?,79?,80?/m0/s1. The molecule has 12 rings (SSSR count). The summed E-state index contributed by atoms with van der Waals surface area (Å²) in [5.41, 5.74) is 10.9. The second kappa shape index (κ2) is 37.4. The summed E-state index contributed by atoms with van der Waals surface area (Å²) < 4.78 is 37.8. The number of carbonyl (C=O) groups excluding carboxylic acids is 9. The van der Waals surface area contributed by atoms with Gasteiger partial charge < -0.3 is 75.6 Å². The predicted octanol–water partition coefficient (Wildman–Crippen LogP) is 7.68. The number of primary amides is 1. The SMILES string of the molecule is Cc1c(-c2ccc(N3CCc4cccc(C(=O)Nc5nc6ccccc6s5)c4C3)nc2C(=O)O)cnn1CC12CC3(C)CC(C)(C1)CC(OCCN(C)C(=O)OCc1ccc(NC(=O)[C@H](CCCNC(N)=O)NC(=O)[C@@H](NC(=O)CCOCCOCCOCCOCCNC(=O)CCN4C(=O)C=CC4=O)C(C)C)cc1)(C3)C2. The number of anilines is 3. The smallest absolute Gasteiger partial charge is 0.409 e. The molecule has 9 N–H and O–H groups in total. The molecule has 2 aliphatic heterocycles. The number of nitrogens with zero attached hydrogens (tertiary/aromatic N) is 7. The van der Waals surface area contributed by atoms with Crippen molar-refractivity contribution in [3.05, 3.63) is 131 Å². The van der Waals surface area contributed by atoms with Crippen LogP contribution in [-0.2, 0) is 83.3 Å². The molecule has 2 unspecified atom stereocenters. The molecular weight excluding hydrogens is 1460 g/mol. The van der Waals surface area contributed by atoms with E-state index in [2.05, 4.69) is 50.7 Å². The number of hydrogen-bond donors (Lipinski definition) is 8. The zero-order chi connectivity index (χ0) is 79.7. The number of fused-ring (bicyclic) bond motifs is 2. The molecule has 0 radical (unpaired) electrons. The number of para-hydroxylation sites is 1. The third kappa shape index (κ3) is 21.7. The number of imide groups is 1. The van der Waals surface area contributed by atoms with Crippen molar-refractivity contribution in [3.63, 3.8) is 0 Å². The summed E-state index contributed by atoms with van der Waals surface area (Å²) in [5.74, 6) is -4.05. The predicted molar refractivity (Wildman–Crippen MR) is 416 cm³/mol. The number of hydrogen-bond acceptors (Lipinski definition) is 21. The Labute approximate surface area is 654 Å². The number of aromatic nitrogens is 4. The van der Waals surface area contributed by atoms with Gasteiger partial charge in [0.1, 0.15) is 24.5 Å². The number of carboxylic acids is 1. The van der Waals surface area contributed by atoms with Crippen LogP contribution in [0.5, 0.6) is 0 Å². The Hall–Kier alpha value is -10.2. The van der Waals surface area contributed by atoms with Gasteiger partial charge in [-0.25, -0.2) is 24.4 Å². The van der Waals surface area contributed by atoms with E-state index in [0.29, 0.717) is 84.8 Å². The molecule has 6 aromatic rings. The minimum atomic E-state index is -1.16. The summed E-state index contributed by atoms with van der Waals surface area (Å²) in [6, 6.07) is 21.0. The lowest BCUT2D eigenvalue weighted by Gasteiger charge is -2.69. The monoisotopic (exact) mass is 1560 g/mol. The highest BCUT2D eigenvalue weighted by Gasteiger charge is 2.66. The Morgan fingerprint density at radius 2 is 1.41 bits per heavy atom. The number of pyridine rings is 1. The molecule has 0 saturated heterocycles. The molecule has 112 heavy (non-hydrogen) atoms. The second-order valence-electron chi connectivity index (χ2n) is 30.8. The molecule has 6 aliphatic rings. The van der Waals surface area contributed by atoms with E-state index in [1.165, 1.54) is 28.4 Å². The van der Waals surface area contributed by atoms with E-state index in [4.69, 9.17) is 44.2 Å². The van der Waals surface area contributed by atoms with Gasteiger partial charge in [-0.3, -0.25) is 48.5 Å². The first-order valence-electron chi connectivity index (χ1n) is 38.1. The molecular formula is C80H102N14O17S. The summed E-state index contributed by atoms with van der Waals surface area (Å²) in [6.45, 7) is 14.6. The minimum Gasteiger partial charge on any atom is -0.476 e. The average Bonchev–Trinajstić information content (AvgIpc) is 0.810. The van der Waals surface area contributed by atoms with Crippen molar-refractivity contribution >= 4 is 97.6 Å². The number of nitrogens with one attached hydrogen (secondary N) is 6. The highest BCUT2D eigenvalue weighted by molar-refractivity contribution is 7.22. The largest absolute Gasteiger partial charge is 0.476 e. The van der Waals surface area contributed by atoms with Crippen molar-refractivity contribution in [1.29, 1.82) is 0 Å². The van der Waals surface area contributed by atoms with Gasteiger partial charge in [0.25, 0.3) is 17.7 Å². The molecule has 4 aliphatic carbocycles. The van der Waals surface area contributed by atoms with Crippen molar-refractivity contribution < 1.29 is 81.5 Å². The number of benzene rings is 3. The first kappa shape index (κ1) is 82.7. The molecule has 32 heteroatoms. The molecule has 31 nitrogen and oxygen atoms in total. The number of ether oxygens (including phenoxy) is 6. The van der Waals surface area contributed by atoms with Gasteiger partial charge in [-0.15, -0.1) is 0 Å². The molecule has 0 spiro atoms. The van der Waals surface area contributed by atoms with Crippen molar-refractivity contribution in [2.75, 3.05) is 115 Å². The second-order valence-corrected chi connectivity index (χ2v) is 31.9. The van der Waals surface area contributed by atoms with Gasteiger partial charge in [-0.1, -0.05) is 75.4 Å². The Balaban J connectivity index is 0.598. The number of thiazole rings is 1. The minimum absolute atomic E-state index is 0.000861. The van der Waals surface area contributed by atoms with Crippen LogP contribution < -0.4 is 42.5 Å². The summed E-state index contributed by atoms with van der Waals surface area (Å²) in [7, 11) is 1.67. The molecule has 5 heterocycles. The highest BCUT2D eigenvalue weighted by atomic mass is 32.1. The molecule has 4 atom stereocenters. The zero-order valence-electron chi connectivity index (χ0n) is 64.4. The summed E-state index contributed by atoms with van der Waals surface area (Å²) >= 11 is 1.41. The molecule has 10 amide bonds. The fourth-order valence-corrected chi connectivity index (χ4v) is 17.9. The average molecular weight is 1560 g/mol. The van der Waals surface area contributed by atoms with Gasteiger partial charge in [0.05, 0.1) is 81.5 Å². The van der Waals surface area contributed by atoms with Crippen molar-refractivity contribution in [2.24, 2.45) is 27.9 Å². The molecule has 4 bridgehead atoms. The first-order valence-corrected chi connectivity index (χ1v) is 38.9. The van der Waals surface area contributed by atoms with Gasteiger partial charge >= 0.3 is 18.1 Å². The van der Waals surface area contributed by atoms with E-state index in [1.807, 2.05) is 71.1 Å². The Morgan fingerprint density at radius 1 is 0.714 bits per heavy atom. The molecule has 3 aromatic carbocycles. The van der Waals surface area contributed by atoms with Gasteiger partial charge in [0, 0.05) is 106 Å². The van der Waals surface area contributed by atoms with E-state index in [1.54, 1.807) is 51.4 Å². The number of amides is 10. The van der Waals surface area contributed by atoms with E-state index < -0.39 is 65.3 Å². The molecule has 3 aromatic heterocycles. The van der Waals surface area contributed by atoms with Crippen LogP contribution in [0.25, 0.3) is 21.3 Å². The van der Waals surface area contributed by atoms with Gasteiger partial charge in [-0.05, 0) is 146 Å². The molecule has 4 fully saturated rings. The fourth-order valence-electron chi connectivity index (χ4n) is 17.1. The fraction of sp³-hybridized carbons (Fsp3) is 0.512. The molecule has 600 valence electrons. The molecule has 4 saturated carbocycles. The lowest BCUT2D eigenvalue weighted by Crippen LogP contribution is -2.64. The van der Waals surface area contributed by atoms with Gasteiger partial charge in [0.2, 0.25) is 23.6 Å². The summed E-state index contributed by atoms with van der Waals surface area (Å²) in [4.78, 5) is 142. The van der Waals surface area contributed by atoms with E-state index in [9.17, 15) is 53.1 Å². The topological polar surface area (TPSA) is 398 Å². The Kier molecular flexibility index (Phi) is 27.6. The van der Waals surface area contributed by atoms with Crippen LogP contribution in [-0.4, -0.2) is 211 Å². The number of urea groups is 1. The van der Waals surface area contributed by atoms with Crippen LogP contribution in [0, 0.1) is 29.1 Å². The lowest BCUT2D eigenvalue weighted by molar-refractivity contribution is -0.248. The number of likely N-dealkylation sites (N-methyl/N-ethyl adjacent to an activating group) is 1. The van der Waals surface area contributed by atoms with Crippen LogP contribution in [0.2, 0.25) is 0 Å². The van der Waals surface area contributed by atoms with Crippen molar-refractivity contribution in [1.82, 2.24) is 50.8 Å². The summed E-state index contributed by atoms with van der Waals surface area (Å²) in [5, 5.41) is 32.8. The number of carbonyl (C=O) groups is 10. The van der Waals surface area contributed by atoms with Crippen LogP contribution in [0.4, 0.5) is 26.2 Å². The quantitative estimate of drug-likeness (QED) is 0.0135. The maximum absolute atomic E-state index is 13.9. The third-order valence-corrected chi connectivity index (χ3v) is 22.1. The van der Waals surface area contributed by atoms with Crippen LogP contribution in [0.1, 0.15) is 135 Å². The third-order valence-electron chi connectivity index (χ3n) is 21.2. The van der Waals surface area contributed by atoms with Gasteiger partial charge in [-0.2, -0.15) is 5.10 Å². The number of nitrogens with two attached hydrogens (primary N) is 1. The first-order chi connectivity index (χ1) is 53.7. The number of carboxylic acid groups (broad SMARTS) is 1. The van der Waals surface area contributed by atoms with E-state index >= 15 is 0 Å². The van der Waals surface area contributed by atoms with Crippen LogP contribution >= 0.6 is 11.3 Å². The van der Waals surface area contributed by atoms with E-state index in [-0.39, 0.29) is 138 Å². The zero-order valence-corrected chi connectivity index (χ0v) is 65.2. The normalized spacial score (nSPS) is 20.0.